The summed E-state index contributed by atoms with van der Waals surface area (Å²) in [5.41, 5.74) is 6.00. The van der Waals surface area contributed by atoms with Gasteiger partial charge in [-0.25, -0.2) is 9.97 Å². The van der Waals surface area contributed by atoms with E-state index in [9.17, 15) is 4.79 Å². The number of piperazine rings is 1. The van der Waals surface area contributed by atoms with Gasteiger partial charge in [-0.15, -0.1) is 0 Å². The van der Waals surface area contributed by atoms with E-state index < -0.39 is 0 Å². The number of thioether (sulfide) groups is 1. The maximum atomic E-state index is 13.5. The first-order valence-electron chi connectivity index (χ1n) is 13.8. The summed E-state index contributed by atoms with van der Waals surface area (Å²) in [6, 6.07) is 19.1. The van der Waals surface area contributed by atoms with E-state index in [1.54, 1.807) is 11.8 Å². The Morgan fingerprint density at radius 2 is 1.87 bits per heavy atom. The summed E-state index contributed by atoms with van der Waals surface area (Å²) in [6.07, 6.45) is 7.12. The molecular formula is C30H33N7OS. The van der Waals surface area contributed by atoms with E-state index in [0.29, 0.717) is 6.04 Å². The van der Waals surface area contributed by atoms with Gasteiger partial charge in [0.2, 0.25) is 5.91 Å². The van der Waals surface area contributed by atoms with Gasteiger partial charge in [0, 0.05) is 55.4 Å². The Morgan fingerprint density at radius 3 is 2.64 bits per heavy atom. The van der Waals surface area contributed by atoms with Gasteiger partial charge in [0.15, 0.2) is 0 Å². The molecule has 0 radical (unpaired) electrons. The standard InChI is InChI=1S/C30H33N7OS/c1-39-17-11-27-30(38)34-24-9-7-21(32-20-5-6-20)18-23(24)29-33-25-19-22(8-10-26(25)37(27)29)35-13-15-36(16-14-35)28-4-2-3-12-31-28/h2-4,7-10,12,18-20,27,32H,5-6,11,13-17H2,1H3,(H,34,38). The lowest BCUT2D eigenvalue weighted by Gasteiger charge is -2.36. The van der Waals surface area contributed by atoms with E-state index in [2.05, 4.69) is 72.6 Å². The van der Waals surface area contributed by atoms with Crippen molar-refractivity contribution in [2.45, 2.75) is 31.3 Å². The molecule has 1 unspecified atom stereocenters. The third-order valence-electron chi connectivity index (χ3n) is 7.97. The number of hydrogen-bond donors (Lipinski definition) is 2. The van der Waals surface area contributed by atoms with Gasteiger partial charge in [0.05, 0.1) is 16.7 Å². The topological polar surface area (TPSA) is 78.3 Å². The molecule has 39 heavy (non-hydrogen) atoms. The summed E-state index contributed by atoms with van der Waals surface area (Å²) >= 11 is 1.77. The second-order valence-electron chi connectivity index (χ2n) is 10.6. The van der Waals surface area contributed by atoms with Crippen LogP contribution in [0.2, 0.25) is 0 Å². The molecule has 2 aromatic carbocycles. The number of imidazole rings is 1. The number of carbonyl (C=O) groups excluding carboxylic acids is 1. The van der Waals surface area contributed by atoms with Crippen LogP contribution >= 0.6 is 11.8 Å². The normalized spacial score (nSPS) is 18.9. The third-order valence-corrected chi connectivity index (χ3v) is 8.61. The van der Waals surface area contributed by atoms with Crippen molar-refractivity contribution in [2.75, 3.05) is 58.6 Å². The lowest BCUT2D eigenvalue weighted by molar-refractivity contribution is -0.119. The highest BCUT2D eigenvalue weighted by molar-refractivity contribution is 7.98. The number of benzene rings is 2. The van der Waals surface area contributed by atoms with Crippen LogP contribution in [0.25, 0.3) is 22.4 Å². The van der Waals surface area contributed by atoms with Crippen molar-refractivity contribution < 1.29 is 4.79 Å². The summed E-state index contributed by atoms with van der Waals surface area (Å²) < 4.78 is 2.18. The van der Waals surface area contributed by atoms with Gasteiger partial charge in [-0.05, 0) is 79.8 Å². The Bertz CT molecular complexity index is 1510. The van der Waals surface area contributed by atoms with E-state index in [0.717, 1.165) is 78.0 Å². The predicted molar refractivity (Wildman–Crippen MR) is 161 cm³/mol. The number of nitrogens with one attached hydrogen (secondary N) is 2. The molecule has 0 spiro atoms. The van der Waals surface area contributed by atoms with E-state index in [1.807, 2.05) is 24.4 Å². The average molecular weight is 540 g/mol. The first-order valence-corrected chi connectivity index (χ1v) is 15.2. The number of pyridine rings is 1. The molecule has 2 fully saturated rings. The Morgan fingerprint density at radius 1 is 1.03 bits per heavy atom. The molecule has 4 aromatic rings. The van der Waals surface area contributed by atoms with Crippen molar-refractivity contribution in [3.05, 3.63) is 60.8 Å². The summed E-state index contributed by atoms with van der Waals surface area (Å²) in [5.74, 6) is 2.83. The number of anilines is 4. The minimum atomic E-state index is -0.308. The second-order valence-corrected chi connectivity index (χ2v) is 11.6. The average Bonchev–Trinajstić information content (AvgIpc) is 3.73. The molecule has 0 bridgehead atoms. The highest BCUT2D eigenvalue weighted by atomic mass is 32.2. The fourth-order valence-electron chi connectivity index (χ4n) is 5.74. The summed E-state index contributed by atoms with van der Waals surface area (Å²) in [7, 11) is 0. The SMILES string of the molecule is CSCCC1C(=O)Nc2ccc(NC3CC3)cc2-c2nc3cc(N4CCN(c5ccccn5)CC4)ccc3n21. The van der Waals surface area contributed by atoms with Crippen LogP contribution < -0.4 is 20.4 Å². The van der Waals surface area contributed by atoms with Gasteiger partial charge in [-0.3, -0.25) is 4.79 Å². The molecule has 7 rings (SSSR count). The zero-order valence-corrected chi connectivity index (χ0v) is 23.0. The van der Waals surface area contributed by atoms with Crippen LogP contribution in [-0.2, 0) is 4.79 Å². The first kappa shape index (κ1) is 24.3. The van der Waals surface area contributed by atoms with Crippen molar-refractivity contribution in [3.63, 3.8) is 0 Å². The molecule has 2 N–H and O–H groups in total. The molecule has 1 aliphatic carbocycles. The first-order chi connectivity index (χ1) is 19.2. The molecule has 1 amide bonds. The fourth-order valence-corrected chi connectivity index (χ4v) is 6.20. The number of nitrogens with zero attached hydrogens (tertiary/aromatic N) is 5. The zero-order chi connectivity index (χ0) is 26.3. The highest BCUT2D eigenvalue weighted by Crippen LogP contribution is 2.40. The van der Waals surface area contributed by atoms with Gasteiger partial charge in [-0.2, -0.15) is 11.8 Å². The molecule has 1 saturated heterocycles. The molecular weight excluding hydrogens is 506 g/mol. The van der Waals surface area contributed by atoms with Crippen LogP contribution in [-0.4, -0.2) is 64.7 Å². The number of fused-ring (bicyclic) bond motifs is 5. The quantitative estimate of drug-likeness (QED) is 0.332. The molecule has 1 atom stereocenters. The van der Waals surface area contributed by atoms with Crippen molar-refractivity contribution >= 4 is 51.6 Å². The van der Waals surface area contributed by atoms with E-state index in [4.69, 9.17) is 4.98 Å². The van der Waals surface area contributed by atoms with Crippen molar-refractivity contribution in [1.29, 1.82) is 0 Å². The summed E-state index contributed by atoms with van der Waals surface area (Å²) in [5, 5.41) is 6.81. The van der Waals surface area contributed by atoms with Crippen molar-refractivity contribution in [1.82, 2.24) is 14.5 Å². The predicted octanol–water partition coefficient (Wildman–Crippen LogP) is 5.25. The Kier molecular flexibility index (Phi) is 6.31. The van der Waals surface area contributed by atoms with Gasteiger partial charge in [-0.1, -0.05) is 6.07 Å². The van der Waals surface area contributed by atoms with Gasteiger partial charge < -0.3 is 25.0 Å². The molecule has 2 aliphatic heterocycles. The zero-order valence-electron chi connectivity index (χ0n) is 22.1. The molecule has 1 saturated carbocycles. The molecule has 4 heterocycles. The van der Waals surface area contributed by atoms with Crippen LogP contribution in [0, 0.1) is 0 Å². The van der Waals surface area contributed by atoms with E-state index in [1.165, 1.54) is 18.5 Å². The minimum Gasteiger partial charge on any atom is -0.382 e. The highest BCUT2D eigenvalue weighted by Gasteiger charge is 2.32. The second kappa shape index (κ2) is 10.1. The molecule has 2 aromatic heterocycles. The van der Waals surface area contributed by atoms with Crippen LogP contribution in [0.1, 0.15) is 25.3 Å². The van der Waals surface area contributed by atoms with Crippen molar-refractivity contribution in [2.24, 2.45) is 0 Å². The van der Waals surface area contributed by atoms with Gasteiger partial charge >= 0.3 is 0 Å². The maximum absolute atomic E-state index is 13.5. The number of aromatic nitrogens is 3. The van der Waals surface area contributed by atoms with E-state index >= 15 is 0 Å². The summed E-state index contributed by atoms with van der Waals surface area (Å²) in [6.45, 7) is 3.70. The van der Waals surface area contributed by atoms with Crippen LogP contribution in [0.5, 0.6) is 0 Å². The minimum absolute atomic E-state index is 0.0287. The van der Waals surface area contributed by atoms with Gasteiger partial charge in [0.1, 0.15) is 17.7 Å². The van der Waals surface area contributed by atoms with Gasteiger partial charge in [0.25, 0.3) is 0 Å². The number of amides is 1. The largest absolute Gasteiger partial charge is 0.382 e. The van der Waals surface area contributed by atoms with Crippen LogP contribution in [0.15, 0.2) is 60.8 Å². The Hall–Kier alpha value is -3.72. The smallest absolute Gasteiger partial charge is 0.247 e. The number of hydrogen-bond acceptors (Lipinski definition) is 7. The monoisotopic (exact) mass is 539 g/mol. The fraction of sp³-hybridized carbons (Fsp3) is 0.367. The number of rotatable bonds is 7. The molecule has 200 valence electrons. The Labute approximate surface area is 232 Å². The lowest BCUT2D eigenvalue weighted by Crippen LogP contribution is -2.46. The third kappa shape index (κ3) is 4.69. The lowest BCUT2D eigenvalue weighted by atomic mass is 10.1. The Balaban J connectivity index is 1.25. The molecule has 3 aliphatic rings. The molecule has 9 heteroatoms. The number of carbonyl (C=O) groups is 1. The van der Waals surface area contributed by atoms with Crippen LogP contribution in [0.3, 0.4) is 0 Å². The molecule has 8 nitrogen and oxygen atoms in total. The van der Waals surface area contributed by atoms with Crippen molar-refractivity contribution in [3.8, 4) is 11.4 Å². The summed E-state index contributed by atoms with van der Waals surface area (Å²) in [4.78, 5) is 28.0. The van der Waals surface area contributed by atoms with Crippen LogP contribution in [0.4, 0.5) is 22.9 Å². The maximum Gasteiger partial charge on any atom is 0.247 e. The van der Waals surface area contributed by atoms with E-state index in [-0.39, 0.29) is 11.9 Å².